The summed E-state index contributed by atoms with van der Waals surface area (Å²) >= 11 is 0. The second kappa shape index (κ2) is 11.1. The van der Waals surface area contributed by atoms with E-state index in [0.29, 0.717) is 6.16 Å². The van der Waals surface area contributed by atoms with Crippen LogP contribution < -0.4 is 15.9 Å². The Bertz CT molecular complexity index is 943. The first-order chi connectivity index (χ1) is 13.8. The molecule has 0 unspecified atom stereocenters. The topological polar surface area (TPSA) is 17.1 Å². The van der Waals surface area contributed by atoms with Gasteiger partial charge in [-0.05, 0) is 36.4 Å². The maximum absolute atomic E-state index is 13.4. The molecule has 152 valence electrons. The molecule has 0 aromatic heterocycles. The fraction of sp³-hybridized carbons (Fsp3) is 0.0385. The van der Waals surface area contributed by atoms with E-state index in [9.17, 15) is 4.79 Å². The first kappa shape index (κ1) is 23.8. The van der Waals surface area contributed by atoms with Crippen LogP contribution in [0, 0.1) is 0 Å². The summed E-state index contributed by atoms with van der Waals surface area (Å²) in [7, 11) is -2.12. The largest absolute Gasteiger partial charge is 0.290 e. The van der Waals surface area contributed by atoms with Crippen molar-refractivity contribution in [2.75, 3.05) is 6.16 Å². The molecule has 0 aliphatic rings. The third-order valence-corrected chi connectivity index (χ3v) is 9.37. The normalized spacial score (nSPS) is 10.4. The maximum Gasteiger partial charge on any atom is 0.201 e. The first-order valence-electron chi connectivity index (χ1n) is 9.44. The average molecular weight is 454 g/mol. The molecule has 4 heteroatoms. The van der Waals surface area contributed by atoms with Crippen LogP contribution in [0.1, 0.15) is 10.4 Å². The molecule has 0 radical (unpaired) electrons. The lowest BCUT2D eigenvalue weighted by atomic mass is 10.2. The van der Waals surface area contributed by atoms with E-state index in [1.807, 2.05) is 48.5 Å². The third kappa shape index (κ3) is 4.82. The minimum atomic E-state index is -2.12. The van der Waals surface area contributed by atoms with E-state index in [1.165, 1.54) is 15.9 Å². The average Bonchev–Trinajstić information content (AvgIpc) is 2.80. The summed E-state index contributed by atoms with van der Waals surface area (Å²) in [5, 5.41) is 3.70. The van der Waals surface area contributed by atoms with E-state index in [1.54, 1.807) is 0 Å². The molecule has 0 saturated carbocycles. The zero-order chi connectivity index (χ0) is 19.2. The minimum absolute atomic E-state index is 0. The molecule has 0 aliphatic carbocycles. The molecule has 0 aliphatic heterocycles. The number of hydrogen-bond donors (Lipinski definition) is 0. The molecule has 1 nitrogen and oxygen atoms in total. The number of ketones is 1. The van der Waals surface area contributed by atoms with Crippen molar-refractivity contribution < 1.29 is 4.79 Å². The molecule has 0 N–H and O–H groups in total. The molecule has 4 rings (SSSR count). The van der Waals surface area contributed by atoms with E-state index < -0.39 is 7.26 Å². The third-order valence-electron chi connectivity index (χ3n) is 5.07. The predicted octanol–water partition coefficient (Wildman–Crippen LogP) is 5.71. The Morgan fingerprint density at radius 2 is 0.800 bits per heavy atom. The van der Waals surface area contributed by atoms with Gasteiger partial charge in [0.05, 0.1) is 0 Å². The molecule has 0 amide bonds. The molecule has 4 aromatic carbocycles. The van der Waals surface area contributed by atoms with Crippen molar-refractivity contribution in [2.24, 2.45) is 0 Å². The summed E-state index contributed by atoms with van der Waals surface area (Å²) in [6, 6.07) is 41.2. The smallest absolute Gasteiger partial charge is 0.201 e. The van der Waals surface area contributed by atoms with Crippen LogP contribution in [0.5, 0.6) is 0 Å². The van der Waals surface area contributed by atoms with Crippen molar-refractivity contribution in [3.63, 3.8) is 0 Å². The lowest BCUT2D eigenvalue weighted by molar-refractivity contribution is 0.102. The van der Waals surface area contributed by atoms with Gasteiger partial charge in [0.2, 0.25) is 5.78 Å². The van der Waals surface area contributed by atoms with Crippen molar-refractivity contribution in [1.82, 2.24) is 0 Å². The van der Waals surface area contributed by atoms with Gasteiger partial charge in [-0.3, -0.25) is 4.79 Å². The summed E-state index contributed by atoms with van der Waals surface area (Å²) in [5.41, 5.74) is 0.773. The molecule has 0 heterocycles. The Kier molecular flexibility index (Phi) is 8.81. The van der Waals surface area contributed by atoms with Gasteiger partial charge in [0.1, 0.15) is 29.3 Å². The van der Waals surface area contributed by atoms with Gasteiger partial charge >= 0.3 is 0 Å². The fourth-order valence-corrected chi connectivity index (χ4v) is 7.80. The van der Waals surface area contributed by atoms with Crippen LogP contribution >= 0.6 is 32.1 Å². The number of carbonyl (C=O) groups is 1. The fourth-order valence-electron chi connectivity index (χ4n) is 3.70. The second-order valence-electron chi connectivity index (χ2n) is 6.76. The molecule has 0 atom stereocenters. The quantitative estimate of drug-likeness (QED) is 0.270. The highest BCUT2D eigenvalue weighted by Crippen LogP contribution is 2.55. The molecule has 0 fully saturated rings. The molecule has 0 bridgehead atoms. The van der Waals surface area contributed by atoms with E-state index in [0.717, 1.165) is 5.56 Å². The van der Waals surface area contributed by atoms with Gasteiger partial charge in [-0.2, -0.15) is 0 Å². The summed E-state index contributed by atoms with van der Waals surface area (Å²) in [6.07, 6.45) is 0.481. The number of hydrogen-bond acceptors (Lipinski definition) is 1. The lowest BCUT2D eigenvalue weighted by Crippen LogP contribution is -2.35. The molecule has 4 aromatic rings. The van der Waals surface area contributed by atoms with Gasteiger partial charge in [-0.1, -0.05) is 84.9 Å². The summed E-state index contributed by atoms with van der Waals surface area (Å²) < 4.78 is 0. The predicted molar refractivity (Wildman–Crippen MR) is 135 cm³/mol. The second-order valence-corrected chi connectivity index (χ2v) is 10.2. The Labute approximate surface area is 191 Å². The SMILES string of the molecule is Cl.Cl.O=C(C[P+](c1ccccc1)(c1ccccc1)c1ccccc1)c1ccccc1. The summed E-state index contributed by atoms with van der Waals surface area (Å²) in [6.45, 7) is 0. The van der Waals surface area contributed by atoms with Gasteiger partial charge in [-0.25, -0.2) is 0 Å². The monoisotopic (exact) mass is 453 g/mol. The summed E-state index contributed by atoms with van der Waals surface area (Å²) in [4.78, 5) is 13.4. The van der Waals surface area contributed by atoms with Gasteiger partial charge in [0.25, 0.3) is 0 Å². The van der Waals surface area contributed by atoms with Crippen LogP contribution in [0.3, 0.4) is 0 Å². The van der Waals surface area contributed by atoms with Gasteiger partial charge in [0.15, 0.2) is 0 Å². The van der Waals surface area contributed by atoms with Crippen LogP contribution in [0.25, 0.3) is 0 Å². The van der Waals surface area contributed by atoms with Crippen LogP contribution in [-0.4, -0.2) is 11.9 Å². The number of benzene rings is 4. The minimum Gasteiger partial charge on any atom is -0.290 e. The van der Waals surface area contributed by atoms with E-state index in [2.05, 4.69) is 72.8 Å². The number of carbonyl (C=O) groups excluding carboxylic acids is 1. The van der Waals surface area contributed by atoms with Gasteiger partial charge in [0, 0.05) is 5.56 Å². The van der Waals surface area contributed by atoms with Crippen LogP contribution in [-0.2, 0) is 0 Å². The molecule has 0 spiro atoms. The standard InChI is InChI=1S/C26H22OP.2ClH/c27-26(22-13-5-1-6-14-22)21-28(23-15-7-2-8-16-23,24-17-9-3-10-18-24)25-19-11-4-12-20-25;;/h1-20H,21H2;2*1H/q+1;;. The van der Waals surface area contributed by atoms with Crippen molar-refractivity contribution in [2.45, 2.75) is 0 Å². The lowest BCUT2D eigenvalue weighted by Gasteiger charge is -2.27. The zero-order valence-corrected chi connectivity index (χ0v) is 19.0. The first-order valence-corrected chi connectivity index (χ1v) is 11.4. The van der Waals surface area contributed by atoms with Crippen LogP contribution in [0.2, 0.25) is 0 Å². The Hall–Kier alpha value is -2.44. The van der Waals surface area contributed by atoms with E-state index in [4.69, 9.17) is 0 Å². The molecular weight excluding hydrogens is 430 g/mol. The van der Waals surface area contributed by atoms with Crippen molar-refractivity contribution in [3.8, 4) is 0 Å². The van der Waals surface area contributed by atoms with Crippen molar-refractivity contribution in [1.29, 1.82) is 0 Å². The van der Waals surface area contributed by atoms with E-state index in [-0.39, 0.29) is 30.6 Å². The number of Topliss-reactive ketones (excluding diaryl/α,β-unsaturated/α-hetero) is 1. The number of halogens is 2. The highest BCUT2D eigenvalue weighted by molar-refractivity contribution is 7.96. The van der Waals surface area contributed by atoms with Crippen molar-refractivity contribution >= 4 is 53.8 Å². The molecular formula is C26H24Cl2OP+. The van der Waals surface area contributed by atoms with E-state index >= 15 is 0 Å². The Morgan fingerprint density at radius 1 is 0.500 bits per heavy atom. The number of rotatable bonds is 6. The Balaban J connectivity index is 0.00000160. The van der Waals surface area contributed by atoms with Crippen molar-refractivity contribution in [3.05, 3.63) is 127 Å². The van der Waals surface area contributed by atoms with Crippen LogP contribution in [0.15, 0.2) is 121 Å². The Morgan fingerprint density at radius 3 is 1.13 bits per heavy atom. The zero-order valence-electron chi connectivity index (χ0n) is 16.4. The molecule has 0 saturated heterocycles. The highest BCUT2D eigenvalue weighted by Gasteiger charge is 2.47. The maximum atomic E-state index is 13.4. The van der Waals surface area contributed by atoms with Gasteiger partial charge < -0.3 is 0 Å². The molecule has 30 heavy (non-hydrogen) atoms. The van der Waals surface area contributed by atoms with Gasteiger partial charge in [-0.15, -0.1) is 24.8 Å². The summed E-state index contributed by atoms with van der Waals surface area (Å²) in [5.74, 6) is 0.186. The highest BCUT2D eigenvalue weighted by atomic mass is 35.5. The van der Waals surface area contributed by atoms with Crippen LogP contribution in [0.4, 0.5) is 0 Å².